The summed E-state index contributed by atoms with van der Waals surface area (Å²) in [5.74, 6) is -0.402. The van der Waals surface area contributed by atoms with E-state index in [1.165, 1.54) is 11.7 Å². The van der Waals surface area contributed by atoms with E-state index < -0.39 is 12.0 Å². The lowest BCUT2D eigenvalue weighted by Gasteiger charge is -2.06. The number of H-pyrrole nitrogens is 1. The fourth-order valence-electron chi connectivity index (χ4n) is 4.00. The number of hydrogen-bond acceptors (Lipinski definition) is 3. The molecular formula is C21H15N3O3. The second-order valence-electron chi connectivity index (χ2n) is 6.40. The lowest BCUT2D eigenvalue weighted by Crippen LogP contribution is -2.20. The molecule has 0 spiro atoms. The number of aromatic amines is 1. The molecule has 1 amide bonds. The summed E-state index contributed by atoms with van der Waals surface area (Å²) in [6.45, 7) is 0. The summed E-state index contributed by atoms with van der Waals surface area (Å²) in [5, 5.41) is 4.42. The average Bonchev–Trinajstić information content (AvgIpc) is 2.97. The van der Waals surface area contributed by atoms with Crippen molar-refractivity contribution in [2.24, 2.45) is 5.73 Å². The summed E-state index contributed by atoms with van der Waals surface area (Å²) >= 11 is 0. The molecule has 2 aromatic carbocycles. The summed E-state index contributed by atoms with van der Waals surface area (Å²) in [6, 6.07) is 14.6. The van der Waals surface area contributed by atoms with E-state index >= 15 is 0 Å². The van der Waals surface area contributed by atoms with Gasteiger partial charge in [-0.15, -0.1) is 0 Å². The predicted octanol–water partition coefficient (Wildman–Crippen LogP) is 3.71. The van der Waals surface area contributed by atoms with Gasteiger partial charge in [0, 0.05) is 32.8 Å². The molecule has 6 nitrogen and oxygen atoms in total. The van der Waals surface area contributed by atoms with Crippen molar-refractivity contribution < 1.29 is 14.3 Å². The number of primary amides is 1. The molecule has 0 bridgehead atoms. The summed E-state index contributed by atoms with van der Waals surface area (Å²) in [5.41, 5.74) is 8.48. The number of benzene rings is 2. The van der Waals surface area contributed by atoms with E-state index in [9.17, 15) is 9.59 Å². The number of amides is 1. The Bertz CT molecular complexity index is 1460. The number of nitrogens with one attached hydrogen (secondary N) is 1. The molecule has 6 heteroatoms. The van der Waals surface area contributed by atoms with E-state index in [2.05, 4.69) is 4.98 Å². The minimum atomic E-state index is -0.561. The van der Waals surface area contributed by atoms with Gasteiger partial charge in [-0.05, 0) is 12.1 Å². The molecule has 3 aromatic rings. The number of para-hydroxylation sites is 2. The molecule has 0 saturated carbocycles. The number of nitrogens with zero attached hydrogens (tertiary/aromatic N) is 1. The Kier molecular flexibility index (Phi) is 3.06. The third-order valence-corrected chi connectivity index (χ3v) is 5.08. The molecule has 0 fully saturated rings. The van der Waals surface area contributed by atoms with Crippen LogP contribution in [0, 0.1) is 10.4 Å². The number of nitrogens with two attached hydrogens (primary N) is 1. The van der Waals surface area contributed by atoms with Crippen LogP contribution in [0.15, 0.2) is 54.7 Å². The molecule has 0 saturated heterocycles. The summed E-state index contributed by atoms with van der Waals surface area (Å²) < 4.78 is 6.44. The third-order valence-electron chi connectivity index (χ3n) is 5.08. The highest BCUT2D eigenvalue weighted by atomic mass is 16.5. The molecule has 2 heterocycles. The van der Waals surface area contributed by atoms with Gasteiger partial charge in [0.1, 0.15) is 0 Å². The first kappa shape index (κ1) is 15.5. The lowest BCUT2D eigenvalue weighted by molar-refractivity contribution is 0.0603. The maximum Gasteiger partial charge on any atom is 0.340 e. The van der Waals surface area contributed by atoms with Crippen LogP contribution in [0.5, 0.6) is 0 Å². The van der Waals surface area contributed by atoms with Crippen molar-refractivity contribution >= 4 is 44.7 Å². The second-order valence-corrected chi connectivity index (χ2v) is 6.40. The van der Waals surface area contributed by atoms with Crippen LogP contribution in [0.1, 0.15) is 10.4 Å². The minimum absolute atomic E-state index is 0.402. The molecule has 0 radical (unpaired) electrons. The highest BCUT2D eigenvalue weighted by molar-refractivity contribution is 6.13. The largest absolute Gasteiger partial charge is 0.465 e. The summed E-state index contributed by atoms with van der Waals surface area (Å²) in [4.78, 5) is 27.8. The molecule has 27 heavy (non-hydrogen) atoms. The Morgan fingerprint density at radius 2 is 1.56 bits per heavy atom. The smallest absolute Gasteiger partial charge is 0.340 e. The molecule has 2 aliphatic rings. The van der Waals surface area contributed by atoms with Crippen molar-refractivity contribution in [1.29, 1.82) is 0 Å². The topological polar surface area (TPSA) is 90.1 Å². The molecule has 3 N–H and O–H groups in total. The van der Waals surface area contributed by atoms with Gasteiger partial charge in [0.15, 0.2) is 0 Å². The zero-order valence-corrected chi connectivity index (χ0v) is 14.4. The zero-order chi connectivity index (χ0) is 18.7. The SMILES string of the molecule is COC(=O)c1c[nH]c2c3c4ccccc4n(C(N)=O)c4ccccc4c=3c12. The number of carbonyl (C=O) groups excluding carboxylic acids is 2. The van der Waals surface area contributed by atoms with Gasteiger partial charge in [-0.3, -0.25) is 4.57 Å². The third kappa shape index (κ3) is 1.89. The summed E-state index contributed by atoms with van der Waals surface area (Å²) in [7, 11) is 1.36. The maximum absolute atomic E-state index is 12.3. The van der Waals surface area contributed by atoms with Crippen LogP contribution < -0.4 is 5.73 Å². The van der Waals surface area contributed by atoms with E-state index in [0.29, 0.717) is 16.6 Å². The Hall–Kier alpha value is -3.80. The van der Waals surface area contributed by atoms with Crippen LogP contribution in [-0.2, 0) is 4.74 Å². The van der Waals surface area contributed by atoms with Gasteiger partial charge in [0.25, 0.3) is 0 Å². The van der Waals surface area contributed by atoms with Gasteiger partial charge >= 0.3 is 12.0 Å². The van der Waals surface area contributed by atoms with Crippen molar-refractivity contribution in [2.75, 3.05) is 7.11 Å². The predicted molar refractivity (Wildman–Crippen MR) is 103 cm³/mol. The standard InChI is InChI=1S/C21H15N3O3/c1-27-20(25)13-10-23-19-17-12-7-3-5-9-15(12)24(21(22)26)14-8-4-2-6-11(14)16(17)18(13)19/h2-10,23H,1H3,(H2,22,26). The maximum atomic E-state index is 12.3. The number of hydrogen-bond donors (Lipinski definition) is 2. The van der Waals surface area contributed by atoms with Crippen molar-refractivity contribution in [3.05, 3.63) is 70.7 Å². The zero-order valence-electron chi connectivity index (χ0n) is 14.4. The van der Waals surface area contributed by atoms with Crippen molar-refractivity contribution in [3.63, 3.8) is 0 Å². The molecule has 1 aliphatic carbocycles. The second kappa shape index (κ2) is 5.35. The lowest BCUT2D eigenvalue weighted by atomic mass is 9.97. The fraction of sp³-hybridized carbons (Fsp3) is 0.0476. The van der Waals surface area contributed by atoms with E-state index in [1.54, 1.807) is 6.20 Å². The monoisotopic (exact) mass is 357 g/mol. The van der Waals surface area contributed by atoms with Crippen LogP contribution in [0.3, 0.4) is 0 Å². The number of ether oxygens (including phenoxy) is 1. The van der Waals surface area contributed by atoms with Crippen molar-refractivity contribution in [1.82, 2.24) is 9.55 Å². The Morgan fingerprint density at radius 3 is 2.15 bits per heavy atom. The number of rotatable bonds is 1. The highest BCUT2D eigenvalue weighted by Crippen LogP contribution is 2.35. The molecule has 1 aromatic heterocycles. The number of fused-ring (bicyclic) bond motifs is 7. The van der Waals surface area contributed by atoms with Gasteiger partial charge in [0.2, 0.25) is 0 Å². The normalized spacial score (nSPS) is 11.6. The number of carbonyl (C=O) groups is 2. The van der Waals surface area contributed by atoms with Crippen LogP contribution in [0.2, 0.25) is 0 Å². The highest BCUT2D eigenvalue weighted by Gasteiger charge is 2.22. The molecular weight excluding hydrogens is 342 g/mol. The van der Waals surface area contributed by atoms with Crippen molar-refractivity contribution in [2.45, 2.75) is 0 Å². The van der Waals surface area contributed by atoms with E-state index in [0.717, 1.165) is 32.1 Å². The van der Waals surface area contributed by atoms with Crippen molar-refractivity contribution in [3.8, 4) is 0 Å². The van der Waals surface area contributed by atoms with Crippen LogP contribution in [-0.4, -0.2) is 28.7 Å². The van der Waals surface area contributed by atoms with Crippen LogP contribution in [0.4, 0.5) is 4.79 Å². The van der Waals surface area contributed by atoms with E-state index in [4.69, 9.17) is 10.5 Å². The van der Waals surface area contributed by atoms with Gasteiger partial charge in [-0.2, -0.15) is 0 Å². The molecule has 0 unspecified atom stereocenters. The molecule has 5 rings (SSSR count). The summed E-state index contributed by atoms with van der Waals surface area (Å²) in [6.07, 6.45) is 1.67. The van der Waals surface area contributed by atoms with Gasteiger partial charge < -0.3 is 15.5 Å². The first-order chi connectivity index (χ1) is 13.1. The number of aromatic nitrogens is 2. The fourth-order valence-corrected chi connectivity index (χ4v) is 4.00. The van der Waals surface area contributed by atoms with Gasteiger partial charge in [0.05, 0.1) is 29.2 Å². The molecule has 132 valence electrons. The van der Waals surface area contributed by atoms with Gasteiger partial charge in [-0.1, -0.05) is 36.4 Å². The Labute approximate surface area is 152 Å². The van der Waals surface area contributed by atoms with E-state index in [-0.39, 0.29) is 0 Å². The van der Waals surface area contributed by atoms with Crippen LogP contribution in [0.25, 0.3) is 32.7 Å². The molecule has 0 atom stereocenters. The first-order valence-corrected chi connectivity index (χ1v) is 8.46. The average molecular weight is 357 g/mol. The number of methoxy groups -OCH3 is 1. The number of esters is 1. The van der Waals surface area contributed by atoms with Crippen LogP contribution >= 0.6 is 0 Å². The quantitative estimate of drug-likeness (QED) is 0.448. The first-order valence-electron chi connectivity index (χ1n) is 8.46. The van der Waals surface area contributed by atoms with Gasteiger partial charge in [-0.25, -0.2) is 9.59 Å². The Morgan fingerprint density at radius 1 is 0.963 bits per heavy atom. The van der Waals surface area contributed by atoms with E-state index in [1.807, 2.05) is 48.5 Å². The minimum Gasteiger partial charge on any atom is -0.465 e. The molecule has 1 aliphatic heterocycles. The Balaban J connectivity index is 2.19.